The average Bonchev–Trinajstić information content (AvgIpc) is 2.71. The lowest BCUT2D eigenvalue weighted by Crippen LogP contribution is -2.48. The molecule has 6 heteroatoms. The monoisotopic (exact) mass is 396 g/mol. The fourth-order valence-corrected chi connectivity index (χ4v) is 3.01. The van der Waals surface area contributed by atoms with Crippen molar-refractivity contribution in [2.45, 2.75) is 25.6 Å². The first kappa shape index (κ1) is 20.5. The van der Waals surface area contributed by atoms with Crippen LogP contribution in [0.25, 0.3) is 0 Å². The lowest BCUT2D eigenvalue weighted by atomic mass is 10.0. The molecular weight excluding hydrogens is 374 g/mol. The van der Waals surface area contributed by atoms with E-state index in [9.17, 15) is 18.7 Å². The average molecular weight is 396 g/mol. The zero-order chi connectivity index (χ0) is 20.8. The molecule has 4 nitrogen and oxygen atoms in total. The molecule has 0 heterocycles. The number of carbonyl (C=O) groups is 1. The van der Waals surface area contributed by atoms with E-state index < -0.39 is 29.8 Å². The maximum atomic E-state index is 14.0. The van der Waals surface area contributed by atoms with Gasteiger partial charge in [-0.25, -0.2) is 8.78 Å². The summed E-state index contributed by atoms with van der Waals surface area (Å²) in [6, 6.07) is 18.3. The van der Waals surface area contributed by atoms with E-state index in [1.807, 2.05) is 30.3 Å². The predicted octanol–water partition coefficient (Wildman–Crippen LogP) is 4.04. The zero-order valence-corrected chi connectivity index (χ0v) is 15.9. The van der Waals surface area contributed by atoms with Gasteiger partial charge in [0, 0.05) is 5.69 Å². The topological polar surface area (TPSA) is 61.4 Å². The number of aryl methyl sites for hydroxylation is 1. The van der Waals surface area contributed by atoms with Crippen LogP contribution in [0.4, 0.5) is 14.5 Å². The number of rotatable bonds is 7. The van der Waals surface area contributed by atoms with Gasteiger partial charge < -0.3 is 15.7 Å². The van der Waals surface area contributed by atoms with Crippen LogP contribution in [0.5, 0.6) is 0 Å². The van der Waals surface area contributed by atoms with Crippen LogP contribution in [-0.4, -0.2) is 23.3 Å². The highest BCUT2D eigenvalue weighted by Gasteiger charge is 2.24. The Bertz CT molecular complexity index is 980. The number of amides is 1. The van der Waals surface area contributed by atoms with E-state index in [0.717, 1.165) is 11.1 Å². The normalized spacial score (nSPS) is 12.8. The highest BCUT2D eigenvalue weighted by molar-refractivity contribution is 5.94. The van der Waals surface area contributed by atoms with E-state index in [0.29, 0.717) is 12.1 Å². The summed E-state index contributed by atoms with van der Waals surface area (Å²) >= 11 is 0. The Morgan fingerprint density at radius 3 is 2.41 bits per heavy atom. The zero-order valence-electron chi connectivity index (χ0n) is 15.9. The molecule has 29 heavy (non-hydrogen) atoms. The van der Waals surface area contributed by atoms with Gasteiger partial charge in [0.2, 0.25) is 0 Å². The molecule has 0 saturated heterocycles. The number of carbonyl (C=O) groups excluding carboxylic acids is 1. The summed E-state index contributed by atoms with van der Waals surface area (Å²) in [6.07, 6.45) is -0.935. The van der Waals surface area contributed by atoms with E-state index >= 15 is 0 Å². The lowest BCUT2D eigenvalue weighted by Gasteiger charge is -2.26. The second kappa shape index (κ2) is 9.30. The van der Waals surface area contributed by atoms with Gasteiger partial charge in [-0.3, -0.25) is 4.79 Å². The summed E-state index contributed by atoms with van der Waals surface area (Å²) in [5.41, 5.74) is 1.92. The summed E-state index contributed by atoms with van der Waals surface area (Å²) in [4.78, 5) is 12.6. The molecule has 2 atom stereocenters. The van der Waals surface area contributed by atoms with Crippen LogP contribution < -0.4 is 10.6 Å². The van der Waals surface area contributed by atoms with Crippen molar-refractivity contribution in [2.75, 3.05) is 5.32 Å². The van der Waals surface area contributed by atoms with Gasteiger partial charge in [-0.05, 0) is 48.7 Å². The van der Waals surface area contributed by atoms with Gasteiger partial charge >= 0.3 is 0 Å². The van der Waals surface area contributed by atoms with Gasteiger partial charge in [0.15, 0.2) is 0 Å². The number of halogens is 2. The van der Waals surface area contributed by atoms with Crippen molar-refractivity contribution in [3.8, 4) is 0 Å². The Morgan fingerprint density at radius 2 is 1.69 bits per heavy atom. The molecule has 0 fully saturated rings. The number of nitrogens with one attached hydrogen (secondary N) is 2. The van der Waals surface area contributed by atoms with Gasteiger partial charge in [-0.1, -0.05) is 48.5 Å². The fraction of sp³-hybridized carbons (Fsp3) is 0.174. The first-order chi connectivity index (χ1) is 13.9. The minimum Gasteiger partial charge on any atom is -0.372 e. The van der Waals surface area contributed by atoms with Crippen molar-refractivity contribution in [3.63, 3.8) is 0 Å². The first-order valence-electron chi connectivity index (χ1n) is 9.24. The summed E-state index contributed by atoms with van der Waals surface area (Å²) in [6.45, 7) is 1.78. The highest BCUT2D eigenvalue weighted by atomic mass is 19.1. The summed E-state index contributed by atoms with van der Waals surface area (Å²) in [5, 5.41) is 16.3. The molecule has 0 aromatic heterocycles. The van der Waals surface area contributed by atoms with Crippen molar-refractivity contribution in [3.05, 3.63) is 101 Å². The van der Waals surface area contributed by atoms with E-state index in [1.165, 1.54) is 30.3 Å². The maximum absolute atomic E-state index is 14.0. The van der Waals surface area contributed by atoms with Crippen molar-refractivity contribution in [1.82, 2.24) is 5.32 Å². The van der Waals surface area contributed by atoms with Crippen molar-refractivity contribution >= 4 is 11.6 Å². The van der Waals surface area contributed by atoms with Crippen molar-refractivity contribution in [1.29, 1.82) is 0 Å². The molecule has 0 saturated carbocycles. The number of hydrogen-bond donors (Lipinski definition) is 3. The molecule has 0 aliphatic heterocycles. The van der Waals surface area contributed by atoms with Crippen LogP contribution in [0.15, 0.2) is 72.8 Å². The Kier molecular flexibility index (Phi) is 6.57. The number of aliphatic hydroxyl groups is 1. The molecule has 3 N–H and O–H groups in total. The van der Waals surface area contributed by atoms with Crippen LogP contribution in [0.2, 0.25) is 0 Å². The SMILES string of the molecule is Cc1ccc(F)cc1NC(O)C(Cc1ccccc1)NC(=O)c1ccccc1F. The molecule has 0 radical (unpaired) electrons. The molecule has 3 rings (SSSR count). The number of aliphatic hydroxyl groups excluding tert-OH is 1. The molecule has 3 aromatic carbocycles. The maximum Gasteiger partial charge on any atom is 0.254 e. The van der Waals surface area contributed by atoms with Gasteiger partial charge in [0.25, 0.3) is 5.91 Å². The smallest absolute Gasteiger partial charge is 0.254 e. The highest BCUT2D eigenvalue weighted by Crippen LogP contribution is 2.18. The van der Waals surface area contributed by atoms with Crippen molar-refractivity contribution in [2.24, 2.45) is 0 Å². The summed E-state index contributed by atoms with van der Waals surface area (Å²) in [5.74, 6) is -1.73. The minimum absolute atomic E-state index is 0.111. The third-order valence-corrected chi connectivity index (χ3v) is 4.62. The summed E-state index contributed by atoms with van der Waals surface area (Å²) in [7, 11) is 0. The Hall–Kier alpha value is -3.25. The quantitative estimate of drug-likeness (QED) is 0.528. The molecule has 0 bridgehead atoms. The number of hydrogen-bond acceptors (Lipinski definition) is 3. The van der Waals surface area contributed by atoms with Crippen molar-refractivity contribution < 1.29 is 18.7 Å². The van der Waals surface area contributed by atoms with Gasteiger partial charge in [0.1, 0.15) is 17.9 Å². The molecule has 0 spiro atoms. The molecule has 0 aliphatic carbocycles. The second-order valence-electron chi connectivity index (χ2n) is 6.80. The molecule has 3 aromatic rings. The van der Waals surface area contributed by atoms with Crippen LogP contribution in [0.3, 0.4) is 0 Å². The fourth-order valence-electron chi connectivity index (χ4n) is 3.01. The summed E-state index contributed by atoms with van der Waals surface area (Å²) < 4.78 is 27.6. The third-order valence-electron chi connectivity index (χ3n) is 4.62. The van der Waals surface area contributed by atoms with Crippen LogP contribution >= 0.6 is 0 Å². The molecule has 2 unspecified atom stereocenters. The van der Waals surface area contributed by atoms with Gasteiger partial charge in [0.05, 0.1) is 11.6 Å². The third kappa shape index (κ3) is 5.39. The Labute approximate surface area is 168 Å². The molecule has 0 aliphatic rings. The molecule has 150 valence electrons. The van der Waals surface area contributed by atoms with Gasteiger partial charge in [-0.2, -0.15) is 0 Å². The van der Waals surface area contributed by atoms with E-state index in [4.69, 9.17) is 0 Å². The molecule has 1 amide bonds. The minimum atomic E-state index is -1.23. The number of anilines is 1. The number of benzene rings is 3. The van der Waals surface area contributed by atoms with Crippen LogP contribution in [0.1, 0.15) is 21.5 Å². The van der Waals surface area contributed by atoms with Gasteiger partial charge in [-0.15, -0.1) is 0 Å². The van der Waals surface area contributed by atoms with Crippen LogP contribution in [-0.2, 0) is 6.42 Å². The van der Waals surface area contributed by atoms with E-state index in [2.05, 4.69) is 10.6 Å². The molecular formula is C23H22F2N2O2. The lowest BCUT2D eigenvalue weighted by molar-refractivity contribution is 0.0864. The second-order valence-corrected chi connectivity index (χ2v) is 6.80. The van der Waals surface area contributed by atoms with Crippen LogP contribution in [0, 0.1) is 18.6 Å². The predicted molar refractivity (Wildman–Crippen MR) is 109 cm³/mol. The largest absolute Gasteiger partial charge is 0.372 e. The first-order valence-corrected chi connectivity index (χ1v) is 9.24. The van der Waals surface area contributed by atoms with E-state index in [-0.39, 0.29) is 5.56 Å². The Morgan fingerprint density at radius 1 is 1.00 bits per heavy atom. The standard InChI is InChI=1S/C23H22F2N2O2/c1-15-11-12-17(24)14-20(15)26-23(29)21(13-16-7-3-2-4-8-16)27-22(28)18-9-5-6-10-19(18)25/h2-12,14,21,23,26,29H,13H2,1H3,(H,27,28). The van der Waals surface area contributed by atoms with E-state index in [1.54, 1.807) is 19.1 Å². The Balaban J connectivity index is 1.83.